The molecular formula is C14H21ClN2S. The van der Waals surface area contributed by atoms with E-state index in [0.29, 0.717) is 6.04 Å². The molecule has 100 valence electrons. The van der Waals surface area contributed by atoms with E-state index in [4.69, 9.17) is 17.4 Å². The zero-order chi connectivity index (χ0) is 12.8. The standard InChI is InChI=1S/C14H21ClN2S/c15-12-5-3-4-11(8-12)9-13(17-16)10-18-14-6-1-2-7-14/h3-5,8,13-14,17H,1-2,6-7,9-10,16H2. The van der Waals surface area contributed by atoms with Crippen molar-refractivity contribution in [3.8, 4) is 0 Å². The number of nitrogens with two attached hydrogens (primary N) is 1. The molecule has 1 aromatic carbocycles. The summed E-state index contributed by atoms with van der Waals surface area (Å²) in [5.41, 5.74) is 4.18. The summed E-state index contributed by atoms with van der Waals surface area (Å²) >= 11 is 8.06. The third-order valence-electron chi connectivity index (χ3n) is 3.44. The number of halogens is 1. The zero-order valence-corrected chi connectivity index (χ0v) is 12.1. The molecule has 18 heavy (non-hydrogen) atoms. The van der Waals surface area contributed by atoms with Gasteiger partial charge in [-0.15, -0.1) is 0 Å². The molecule has 3 N–H and O–H groups in total. The number of rotatable bonds is 6. The van der Waals surface area contributed by atoms with Crippen molar-refractivity contribution in [3.63, 3.8) is 0 Å². The first-order chi connectivity index (χ1) is 8.78. The zero-order valence-electron chi connectivity index (χ0n) is 10.6. The van der Waals surface area contributed by atoms with Gasteiger partial charge in [0.05, 0.1) is 0 Å². The molecule has 0 radical (unpaired) electrons. The van der Waals surface area contributed by atoms with E-state index in [-0.39, 0.29) is 0 Å². The summed E-state index contributed by atoms with van der Waals surface area (Å²) in [7, 11) is 0. The molecule has 0 aliphatic heterocycles. The lowest BCUT2D eigenvalue weighted by atomic mass is 10.1. The fourth-order valence-electron chi connectivity index (χ4n) is 2.42. The Bertz CT molecular complexity index is 367. The lowest BCUT2D eigenvalue weighted by molar-refractivity contribution is 0.574. The molecule has 1 aliphatic carbocycles. The highest BCUT2D eigenvalue weighted by Gasteiger charge is 2.17. The minimum absolute atomic E-state index is 0.328. The number of nitrogens with one attached hydrogen (secondary N) is 1. The molecule has 1 saturated carbocycles. The highest BCUT2D eigenvalue weighted by atomic mass is 35.5. The third kappa shape index (κ3) is 4.47. The van der Waals surface area contributed by atoms with E-state index in [9.17, 15) is 0 Å². The summed E-state index contributed by atoms with van der Waals surface area (Å²) in [5, 5.41) is 1.65. The molecule has 2 rings (SSSR count). The predicted octanol–water partition coefficient (Wildman–Crippen LogP) is 3.39. The largest absolute Gasteiger partial charge is 0.271 e. The summed E-state index contributed by atoms with van der Waals surface area (Å²) in [6.45, 7) is 0. The predicted molar refractivity (Wildman–Crippen MR) is 81.0 cm³/mol. The van der Waals surface area contributed by atoms with Crippen LogP contribution in [0.3, 0.4) is 0 Å². The van der Waals surface area contributed by atoms with Crippen LogP contribution in [0.5, 0.6) is 0 Å². The van der Waals surface area contributed by atoms with Crippen molar-refractivity contribution < 1.29 is 0 Å². The smallest absolute Gasteiger partial charge is 0.0408 e. The Morgan fingerprint density at radius 2 is 2.17 bits per heavy atom. The fraction of sp³-hybridized carbons (Fsp3) is 0.571. The van der Waals surface area contributed by atoms with Crippen molar-refractivity contribution in [2.45, 2.75) is 43.4 Å². The maximum absolute atomic E-state index is 6.00. The molecule has 0 amide bonds. The molecule has 1 atom stereocenters. The molecule has 0 aromatic heterocycles. The van der Waals surface area contributed by atoms with Crippen LogP contribution in [-0.4, -0.2) is 17.0 Å². The molecule has 0 spiro atoms. The van der Waals surface area contributed by atoms with Crippen LogP contribution in [0, 0.1) is 0 Å². The summed E-state index contributed by atoms with van der Waals surface area (Å²) in [6, 6.07) is 8.36. The second-order valence-electron chi connectivity index (χ2n) is 4.94. The fourth-order valence-corrected chi connectivity index (χ4v) is 4.02. The van der Waals surface area contributed by atoms with Gasteiger partial charge in [-0.25, -0.2) is 0 Å². The van der Waals surface area contributed by atoms with Crippen molar-refractivity contribution in [2.24, 2.45) is 5.84 Å². The van der Waals surface area contributed by atoms with Gasteiger partial charge in [-0.05, 0) is 37.0 Å². The minimum atomic E-state index is 0.328. The topological polar surface area (TPSA) is 38.0 Å². The average Bonchev–Trinajstić information content (AvgIpc) is 2.87. The van der Waals surface area contributed by atoms with Gasteiger partial charge >= 0.3 is 0 Å². The van der Waals surface area contributed by atoms with Crippen LogP contribution in [0.1, 0.15) is 31.2 Å². The molecule has 1 unspecified atom stereocenters. The van der Waals surface area contributed by atoms with Crippen molar-refractivity contribution in [1.82, 2.24) is 5.43 Å². The first-order valence-electron chi connectivity index (χ1n) is 6.60. The number of hydrogen-bond donors (Lipinski definition) is 2. The molecule has 1 aliphatic rings. The van der Waals surface area contributed by atoms with E-state index in [2.05, 4.69) is 23.3 Å². The van der Waals surface area contributed by atoms with Crippen molar-refractivity contribution in [1.29, 1.82) is 0 Å². The van der Waals surface area contributed by atoms with E-state index in [1.807, 2.05) is 18.2 Å². The van der Waals surface area contributed by atoms with Gasteiger partial charge in [0.2, 0.25) is 0 Å². The minimum Gasteiger partial charge on any atom is -0.271 e. The summed E-state index contributed by atoms with van der Waals surface area (Å²) < 4.78 is 0. The molecule has 0 bridgehead atoms. The van der Waals surface area contributed by atoms with Crippen LogP contribution in [0.15, 0.2) is 24.3 Å². The van der Waals surface area contributed by atoms with Crippen LogP contribution in [0.2, 0.25) is 5.02 Å². The Kier molecular flexibility index (Phi) is 5.83. The Morgan fingerprint density at radius 1 is 1.39 bits per heavy atom. The number of hydrazine groups is 1. The Labute approximate surface area is 119 Å². The van der Waals surface area contributed by atoms with Crippen molar-refractivity contribution in [2.75, 3.05) is 5.75 Å². The monoisotopic (exact) mass is 284 g/mol. The van der Waals surface area contributed by atoms with E-state index in [1.165, 1.54) is 31.2 Å². The second kappa shape index (κ2) is 7.39. The molecule has 2 nitrogen and oxygen atoms in total. The van der Waals surface area contributed by atoms with Gasteiger partial charge in [0.25, 0.3) is 0 Å². The van der Waals surface area contributed by atoms with Crippen molar-refractivity contribution >= 4 is 23.4 Å². The molecule has 4 heteroatoms. The van der Waals surface area contributed by atoms with Gasteiger partial charge in [-0.3, -0.25) is 11.3 Å². The van der Waals surface area contributed by atoms with Gasteiger partial charge in [0, 0.05) is 22.1 Å². The molecule has 0 saturated heterocycles. The van der Waals surface area contributed by atoms with E-state index in [1.54, 1.807) is 0 Å². The van der Waals surface area contributed by atoms with E-state index >= 15 is 0 Å². The first kappa shape index (κ1) is 14.2. The van der Waals surface area contributed by atoms with Crippen LogP contribution in [0.4, 0.5) is 0 Å². The maximum Gasteiger partial charge on any atom is 0.0408 e. The van der Waals surface area contributed by atoms with Gasteiger partial charge in [-0.2, -0.15) is 11.8 Å². The number of hydrogen-bond acceptors (Lipinski definition) is 3. The second-order valence-corrected chi connectivity index (χ2v) is 6.71. The highest BCUT2D eigenvalue weighted by molar-refractivity contribution is 7.99. The van der Waals surface area contributed by atoms with Crippen LogP contribution >= 0.6 is 23.4 Å². The highest BCUT2D eigenvalue weighted by Crippen LogP contribution is 2.30. The van der Waals surface area contributed by atoms with Crippen LogP contribution < -0.4 is 11.3 Å². The average molecular weight is 285 g/mol. The van der Waals surface area contributed by atoms with Gasteiger partial charge in [0.15, 0.2) is 0 Å². The first-order valence-corrected chi connectivity index (χ1v) is 8.03. The summed E-state index contributed by atoms with van der Waals surface area (Å²) in [6.07, 6.45) is 6.48. The van der Waals surface area contributed by atoms with Gasteiger partial charge in [-0.1, -0.05) is 36.6 Å². The maximum atomic E-state index is 6.00. The van der Waals surface area contributed by atoms with Gasteiger partial charge in [0.1, 0.15) is 0 Å². The number of benzene rings is 1. The molecule has 1 fully saturated rings. The lowest BCUT2D eigenvalue weighted by Gasteiger charge is -2.18. The van der Waals surface area contributed by atoms with Crippen LogP contribution in [0.25, 0.3) is 0 Å². The van der Waals surface area contributed by atoms with E-state index in [0.717, 1.165) is 22.4 Å². The van der Waals surface area contributed by atoms with Gasteiger partial charge < -0.3 is 0 Å². The normalized spacial score (nSPS) is 18.1. The van der Waals surface area contributed by atoms with Crippen LogP contribution in [-0.2, 0) is 6.42 Å². The molecule has 1 aromatic rings. The Balaban J connectivity index is 1.81. The lowest BCUT2D eigenvalue weighted by Crippen LogP contribution is -2.39. The number of thioether (sulfide) groups is 1. The quantitative estimate of drug-likeness (QED) is 0.621. The summed E-state index contributed by atoms with van der Waals surface area (Å²) in [5.74, 6) is 6.72. The third-order valence-corrected chi connectivity index (χ3v) is 5.21. The Hall–Kier alpha value is -0.220. The Morgan fingerprint density at radius 3 is 2.83 bits per heavy atom. The SMILES string of the molecule is NNC(CSC1CCCC1)Cc1cccc(Cl)c1. The molecular weight excluding hydrogens is 264 g/mol. The molecule has 0 heterocycles. The van der Waals surface area contributed by atoms with Crippen molar-refractivity contribution in [3.05, 3.63) is 34.9 Å². The van der Waals surface area contributed by atoms with E-state index < -0.39 is 0 Å². The summed E-state index contributed by atoms with van der Waals surface area (Å²) in [4.78, 5) is 0.